The average molecular weight is 455 g/mol. The Labute approximate surface area is 189 Å². The first kappa shape index (κ1) is 21.9. The van der Waals surface area contributed by atoms with E-state index in [-0.39, 0.29) is 28.8 Å². The lowest BCUT2D eigenvalue weighted by Gasteiger charge is -2.29. The van der Waals surface area contributed by atoms with Crippen LogP contribution in [0.5, 0.6) is 11.5 Å². The van der Waals surface area contributed by atoms with E-state index in [1.54, 1.807) is 23.1 Å². The first-order valence-corrected chi connectivity index (χ1v) is 11.0. The molecule has 166 valence electrons. The molecular weight excluding hydrogens is 432 g/mol. The summed E-state index contributed by atoms with van der Waals surface area (Å²) in [6, 6.07) is 11.8. The molecule has 1 saturated heterocycles. The smallest absolute Gasteiger partial charge is 0.287 e. The number of rotatable bonds is 8. The molecule has 9 heteroatoms. The number of thioether (sulfide) groups is 1. The van der Waals surface area contributed by atoms with E-state index in [4.69, 9.17) is 9.47 Å². The van der Waals surface area contributed by atoms with Gasteiger partial charge in [0, 0.05) is 30.3 Å². The Balaban J connectivity index is 1.24. The Kier molecular flexibility index (Phi) is 6.45. The van der Waals surface area contributed by atoms with Gasteiger partial charge in [-0.3, -0.25) is 19.2 Å². The molecule has 0 aromatic heterocycles. The number of fused-ring (bicyclic) bond motifs is 1. The molecule has 2 aliphatic heterocycles. The molecule has 2 aromatic rings. The van der Waals surface area contributed by atoms with E-state index < -0.39 is 6.04 Å². The number of Topliss-reactive ketones (excluding diaryl/α,β-unsaturated/α-hetero) is 1. The summed E-state index contributed by atoms with van der Waals surface area (Å²) in [5.41, 5.74) is 1.81. The van der Waals surface area contributed by atoms with Crippen molar-refractivity contribution in [1.29, 1.82) is 0 Å². The molecule has 2 aromatic carbocycles. The van der Waals surface area contributed by atoms with E-state index in [0.29, 0.717) is 60.4 Å². The molecule has 0 aliphatic carbocycles. The molecule has 1 fully saturated rings. The number of benzene rings is 2. The van der Waals surface area contributed by atoms with Crippen LogP contribution in [-0.4, -0.2) is 52.9 Å². The van der Waals surface area contributed by atoms with Gasteiger partial charge in [-0.15, -0.1) is 0 Å². The zero-order chi connectivity index (χ0) is 22.7. The molecular formula is C23H22N2O6S. The summed E-state index contributed by atoms with van der Waals surface area (Å²) in [6.07, 6.45) is 1.06. The second kappa shape index (κ2) is 9.44. The van der Waals surface area contributed by atoms with E-state index in [0.717, 1.165) is 5.56 Å². The fourth-order valence-electron chi connectivity index (χ4n) is 3.51. The maximum atomic E-state index is 12.7. The monoisotopic (exact) mass is 454 g/mol. The molecule has 2 amide bonds. The van der Waals surface area contributed by atoms with Gasteiger partial charge in [-0.25, -0.2) is 0 Å². The minimum absolute atomic E-state index is 0.101. The van der Waals surface area contributed by atoms with Crippen molar-refractivity contribution >= 4 is 33.8 Å². The summed E-state index contributed by atoms with van der Waals surface area (Å²) in [7, 11) is 0. The number of ketones is 1. The van der Waals surface area contributed by atoms with Crippen LogP contribution in [0.25, 0.3) is 0 Å². The lowest BCUT2D eigenvalue weighted by atomic mass is 10.1. The molecule has 1 N–H and O–H groups in total. The van der Waals surface area contributed by atoms with Crippen molar-refractivity contribution in [2.75, 3.05) is 19.9 Å². The molecule has 32 heavy (non-hydrogen) atoms. The predicted molar refractivity (Wildman–Crippen MR) is 118 cm³/mol. The molecule has 4 rings (SSSR count). The Morgan fingerprint density at radius 1 is 1.19 bits per heavy atom. The van der Waals surface area contributed by atoms with Gasteiger partial charge < -0.3 is 19.7 Å². The zero-order valence-corrected chi connectivity index (χ0v) is 18.3. The van der Waals surface area contributed by atoms with Gasteiger partial charge >= 0.3 is 0 Å². The number of carbonyl (C=O) groups excluding carboxylic acids is 4. The third kappa shape index (κ3) is 4.94. The van der Waals surface area contributed by atoms with Gasteiger partial charge in [-0.2, -0.15) is 0 Å². The SMILES string of the molecule is CC(=O)c1ccc2c(c1)C(=O)N(CCCOc1ccc(CC3NC(=O)SC3=O)cc1)CO2. The van der Waals surface area contributed by atoms with Crippen LogP contribution in [0.4, 0.5) is 4.79 Å². The van der Waals surface area contributed by atoms with E-state index in [9.17, 15) is 19.2 Å². The number of hydrogen-bond acceptors (Lipinski definition) is 7. The van der Waals surface area contributed by atoms with Gasteiger partial charge in [0.05, 0.1) is 12.2 Å². The van der Waals surface area contributed by atoms with E-state index >= 15 is 0 Å². The maximum Gasteiger partial charge on any atom is 0.287 e. The Morgan fingerprint density at radius 3 is 2.66 bits per heavy atom. The number of hydrogen-bond donors (Lipinski definition) is 1. The first-order chi connectivity index (χ1) is 15.4. The van der Waals surface area contributed by atoms with Gasteiger partial charge in [0.1, 0.15) is 17.5 Å². The second-order valence-electron chi connectivity index (χ2n) is 7.56. The molecule has 1 unspecified atom stereocenters. The molecule has 0 bridgehead atoms. The Bertz CT molecular complexity index is 1070. The number of nitrogens with one attached hydrogen (secondary N) is 1. The summed E-state index contributed by atoms with van der Waals surface area (Å²) in [4.78, 5) is 48.9. The largest absolute Gasteiger partial charge is 0.494 e. The predicted octanol–water partition coefficient (Wildman–Crippen LogP) is 3.04. The molecule has 0 spiro atoms. The third-order valence-corrected chi connectivity index (χ3v) is 6.04. The van der Waals surface area contributed by atoms with Crippen LogP contribution in [0.3, 0.4) is 0 Å². The van der Waals surface area contributed by atoms with Crippen LogP contribution in [-0.2, 0) is 11.2 Å². The highest BCUT2D eigenvalue weighted by atomic mass is 32.2. The summed E-state index contributed by atoms with van der Waals surface area (Å²) in [6.45, 7) is 2.50. The number of amides is 2. The lowest BCUT2D eigenvalue weighted by Crippen LogP contribution is -2.39. The fraction of sp³-hybridized carbons (Fsp3) is 0.304. The van der Waals surface area contributed by atoms with Crippen LogP contribution < -0.4 is 14.8 Å². The van der Waals surface area contributed by atoms with Crippen LogP contribution in [0, 0.1) is 0 Å². The van der Waals surface area contributed by atoms with Crippen molar-refractivity contribution in [1.82, 2.24) is 10.2 Å². The maximum absolute atomic E-state index is 12.7. The van der Waals surface area contributed by atoms with Gasteiger partial charge in [-0.1, -0.05) is 12.1 Å². The highest BCUT2D eigenvalue weighted by Crippen LogP contribution is 2.26. The van der Waals surface area contributed by atoms with E-state index in [1.807, 2.05) is 24.3 Å². The topological polar surface area (TPSA) is 102 Å². The van der Waals surface area contributed by atoms with Crippen molar-refractivity contribution in [3.05, 3.63) is 59.2 Å². The summed E-state index contributed by atoms with van der Waals surface area (Å²) >= 11 is 0.709. The lowest BCUT2D eigenvalue weighted by molar-refractivity contribution is -0.112. The van der Waals surface area contributed by atoms with Gasteiger partial charge in [0.15, 0.2) is 12.5 Å². The zero-order valence-electron chi connectivity index (χ0n) is 17.5. The normalized spacial score (nSPS) is 17.6. The number of carbonyl (C=O) groups is 4. The average Bonchev–Trinajstić information content (AvgIpc) is 3.10. The van der Waals surface area contributed by atoms with Crippen LogP contribution in [0.2, 0.25) is 0 Å². The first-order valence-electron chi connectivity index (χ1n) is 10.2. The van der Waals surface area contributed by atoms with Gasteiger partial charge in [0.25, 0.3) is 11.1 Å². The van der Waals surface area contributed by atoms with Crippen molar-refractivity contribution in [3.63, 3.8) is 0 Å². The Hall–Kier alpha value is -3.33. The fourth-order valence-corrected chi connectivity index (χ4v) is 4.18. The highest BCUT2D eigenvalue weighted by Gasteiger charge is 2.31. The summed E-state index contributed by atoms with van der Waals surface area (Å²) in [5, 5.41) is 2.18. The Morgan fingerprint density at radius 2 is 1.97 bits per heavy atom. The number of nitrogens with zero attached hydrogens (tertiary/aromatic N) is 1. The van der Waals surface area contributed by atoms with Crippen molar-refractivity contribution in [2.45, 2.75) is 25.8 Å². The molecule has 2 aliphatic rings. The van der Waals surface area contributed by atoms with Crippen molar-refractivity contribution in [3.8, 4) is 11.5 Å². The molecule has 0 saturated carbocycles. The number of ether oxygens (including phenoxy) is 2. The van der Waals surface area contributed by atoms with Crippen LogP contribution in [0.15, 0.2) is 42.5 Å². The highest BCUT2D eigenvalue weighted by molar-refractivity contribution is 8.26. The molecule has 2 heterocycles. The van der Waals surface area contributed by atoms with Crippen LogP contribution in [0.1, 0.15) is 39.6 Å². The van der Waals surface area contributed by atoms with E-state index in [1.165, 1.54) is 6.92 Å². The quantitative estimate of drug-likeness (QED) is 0.483. The summed E-state index contributed by atoms with van der Waals surface area (Å²) < 4.78 is 11.4. The molecule has 8 nitrogen and oxygen atoms in total. The van der Waals surface area contributed by atoms with E-state index in [2.05, 4.69) is 5.32 Å². The summed E-state index contributed by atoms with van der Waals surface area (Å²) in [5.74, 6) is 0.911. The van der Waals surface area contributed by atoms with Crippen molar-refractivity contribution < 1.29 is 28.7 Å². The van der Waals surface area contributed by atoms with Gasteiger partial charge in [0.2, 0.25) is 5.12 Å². The molecule has 1 atom stereocenters. The van der Waals surface area contributed by atoms with Crippen LogP contribution >= 0.6 is 11.8 Å². The standard InChI is InChI=1S/C23H22N2O6S/c1-14(26)16-5-8-20-18(12-16)21(27)25(13-31-20)9-2-10-30-17-6-3-15(4-7-17)11-19-22(28)32-23(29)24-19/h3-8,12,19H,2,9-11,13H2,1H3,(H,24,29). The minimum atomic E-state index is -0.486. The van der Waals surface area contributed by atoms with Gasteiger partial charge in [-0.05, 0) is 49.2 Å². The molecule has 0 radical (unpaired) electrons. The third-order valence-electron chi connectivity index (χ3n) is 5.25. The second-order valence-corrected chi connectivity index (χ2v) is 8.54. The van der Waals surface area contributed by atoms with Crippen molar-refractivity contribution in [2.24, 2.45) is 0 Å². The minimum Gasteiger partial charge on any atom is -0.494 e.